The molecule has 1 aliphatic heterocycles. The van der Waals surface area contributed by atoms with Gasteiger partial charge in [-0.3, -0.25) is 4.90 Å². The molecule has 1 fully saturated rings. The molecule has 3 aromatic carbocycles. The minimum atomic E-state index is -3.54. The molecule has 0 N–H and O–H groups in total. The second kappa shape index (κ2) is 9.22. The van der Waals surface area contributed by atoms with Gasteiger partial charge >= 0.3 is 0 Å². The Bertz CT molecular complexity index is 1070. The van der Waals surface area contributed by atoms with Crippen LogP contribution in [0.4, 0.5) is 0 Å². The predicted molar refractivity (Wildman–Crippen MR) is 123 cm³/mol. The van der Waals surface area contributed by atoms with E-state index in [0.29, 0.717) is 36.8 Å². The predicted octanol–water partition coefficient (Wildman–Crippen LogP) is 4.10. The fourth-order valence-electron chi connectivity index (χ4n) is 4.25. The molecule has 0 unspecified atom stereocenters. The van der Waals surface area contributed by atoms with Crippen molar-refractivity contribution in [3.8, 4) is 5.75 Å². The van der Waals surface area contributed by atoms with E-state index in [1.807, 2.05) is 19.1 Å². The molecule has 1 saturated heterocycles. The van der Waals surface area contributed by atoms with Crippen molar-refractivity contribution in [1.29, 1.82) is 0 Å². The highest BCUT2D eigenvalue weighted by atomic mass is 32.2. The van der Waals surface area contributed by atoms with Gasteiger partial charge in [-0.05, 0) is 41.8 Å². The third-order valence-electron chi connectivity index (χ3n) is 5.87. The van der Waals surface area contributed by atoms with Gasteiger partial charge in [0.15, 0.2) is 0 Å². The topological polar surface area (TPSA) is 49.9 Å². The monoisotopic (exact) mass is 436 g/mol. The number of hydrogen-bond acceptors (Lipinski definition) is 4. The molecule has 31 heavy (non-hydrogen) atoms. The van der Waals surface area contributed by atoms with Gasteiger partial charge in [-0.1, -0.05) is 60.7 Å². The van der Waals surface area contributed by atoms with E-state index in [1.165, 1.54) is 11.1 Å². The van der Waals surface area contributed by atoms with Gasteiger partial charge in [-0.25, -0.2) is 8.42 Å². The Morgan fingerprint density at radius 2 is 1.35 bits per heavy atom. The zero-order valence-corrected chi connectivity index (χ0v) is 18.8. The van der Waals surface area contributed by atoms with Crippen molar-refractivity contribution in [3.63, 3.8) is 0 Å². The van der Waals surface area contributed by atoms with Gasteiger partial charge < -0.3 is 4.74 Å². The highest BCUT2D eigenvalue weighted by Crippen LogP contribution is 2.31. The number of benzene rings is 3. The molecular formula is C25H28N2O3S. The molecule has 0 radical (unpaired) electrons. The van der Waals surface area contributed by atoms with Crippen LogP contribution in [0.3, 0.4) is 0 Å². The Kier molecular flexibility index (Phi) is 6.41. The number of sulfonamides is 1. The first-order valence-electron chi connectivity index (χ1n) is 10.5. The minimum Gasteiger partial charge on any atom is -0.496 e. The molecule has 0 atom stereocenters. The summed E-state index contributed by atoms with van der Waals surface area (Å²) in [7, 11) is -1.95. The smallest absolute Gasteiger partial charge is 0.243 e. The lowest BCUT2D eigenvalue weighted by molar-refractivity contribution is 0.156. The molecule has 4 rings (SSSR count). The summed E-state index contributed by atoms with van der Waals surface area (Å²) in [4.78, 5) is 2.69. The van der Waals surface area contributed by atoms with E-state index < -0.39 is 10.0 Å². The van der Waals surface area contributed by atoms with E-state index in [-0.39, 0.29) is 6.04 Å². The Balaban J connectivity index is 1.54. The van der Waals surface area contributed by atoms with Crippen LogP contribution in [0.1, 0.15) is 22.7 Å². The number of hydrogen-bond donors (Lipinski definition) is 0. The standard InChI is InChI=1S/C25H28N2O3S/c1-20-19-23(13-14-24(20)30-2)31(28,29)27-17-15-26(16-18-27)25(21-9-5-3-6-10-21)22-11-7-4-8-12-22/h3-14,19,25H,15-18H2,1-2H3. The molecular weight excluding hydrogens is 408 g/mol. The average molecular weight is 437 g/mol. The minimum absolute atomic E-state index is 0.107. The van der Waals surface area contributed by atoms with Gasteiger partial charge in [-0.15, -0.1) is 0 Å². The second-order valence-electron chi connectivity index (χ2n) is 7.80. The summed E-state index contributed by atoms with van der Waals surface area (Å²) in [6, 6.07) is 26.0. The largest absolute Gasteiger partial charge is 0.496 e. The number of piperazine rings is 1. The molecule has 162 valence electrons. The van der Waals surface area contributed by atoms with Gasteiger partial charge in [0.1, 0.15) is 5.75 Å². The van der Waals surface area contributed by atoms with Crippen LogP contribution >= 0.6 is 0 Å². The first-order valence-corrected chi connectivity index (χ1v) is 11.9. The summed E-state index contributed by atoms with van der Waals surface area (Å²) in [5.41, 5.74) is 3.25. The molecule has 0 aliphatic carbocycles. The van der Waals surface area contributed by atoms with E-state index in [4.69, 9.17) is 4.74 Å². The zero-order chi connectivity index (χ0) is 21.8. The zero-order valence-electron chi connectivity index (χ0n) is 17.9. The summed E-state index contributed by atoms with van der Waals surface area (Å²) < 4.78 is 33.3. The van der Waals surface area contributed by atoms with Crippen molar-refractivity contribution < 1.29 is 13.2 Å². The molecule has 1 heterocycles. The molecule has 1 aliphatic rings. The van der Waals surface area contributed by atoms with Gasteiger partial charge in [0.2, 0.25) is 10.0 Å². The van der Waals surface area contributed by atoms with Crippen LogP contribution in [0.2, 0.25) is 0 Å². The van der Waals surface area contributed by atoms with E-state index in [1.54, 1.807) is 29.6 Å². The van der Waals surface area contributed by atoms with Crippen LogP contribution in [-0.2, 0) is 10.0 Å². The van der Waals surface area contributed by atoms with Crippen LogP contribution in [0.15, 0.2) is 83.8 Å². The maximum absolute atomic E-state index is 13.2. The maximum atomic E-state index is 13.2. The lowest BCUT2D eigenvalue weighted by Gasteiger charge is -2.39. The van der Waals surface area contributed by atoms with Crippen molar-refractivity contribution in [2.45, 2.75) is 17.9 Å². The molecule has 0 aromatic heterocycles. The Morgan fingerprint density at radius 3 is 1.84 bits per heavy atom. The van der Waals surface area contributed by atoms with Crippen molar-refractivity contribution in [2.24, 2.45) is 0 Å². The summed E-state index contributed by atoms with van der Waals surface area (Å²) in [5, 5.41) is 0. The van der Waals surface area contributed by atoms with Crippen molar-refractivity contribution in [1.82, 2.24) is 9.21 Å². The Hall–Kier alpha value is -2.67. The number of nitrogens with zero attached hydrogens (tertiary/aromatic N) is 2. The van der Waals surface area contributed by atoms with Crippen molar-refractivity contribution in [3.05, 3.63) is 95.6 Å². The normalized spacial score (nSPS) is 15.8. The quantitative estimate of drug-likeness (QED) is 0.584. The fraction of sp³-hybridized carbons (Fsp3) is 0.280. The molecule has 3 aromatic rings. The van der Waals surface area contributed by atoms with Crippen molar-refractivity contribution >= 4 is 10.0 Å². The lowest BCUT2D eigenvalue weighted by Crippen LogP contribution is -2.49. The van der Waals surface area contributed by atoms with E-state index >= 15 is 0 Å². The SMILES string of the molecule is COc1ccc(S(=O)(=O)N2CCN(C(c3ccccc3)c3ccccc3)CC2)cc1C. The molecule has 6 heteroatoms. The number of methoxy groups -OCH3 is 1. The van der Waals surface area contributed by atoms with Crippen molar-refractivity contribution in [2.75, 3.05) is 33.3 Å². The molecule has 5 nitrogen and oxygen atoms in total. The molecule has 0 bridgehead atoms. The third-order valence-corrected chi connectivity index (χ3v) is 7.77. The summed E-state index contributed by atoms with van der Waals surface area (Å²) in [5.74, 6) is 0.692. The Labute approximate surface area is 184 Å². The second-order valence-corrected chi connectivity index (χ2v) is 9.73. The van der Waals surface area contributed by atoms with Crippen LogP contribution in [-0.4, -0.2) is 50.9 Å². The summed E-state index contributed by atoms with van der Waals surface area (Å²) in [6.45, 7) is 4.12. The van der Waals surface area contributed by atoms with E-state index in [0.717, 1.165) is 5.56 Å². The molecule has 0 amide bonds. The highest BCUT2D eigenvalue weighted by Gasteiger charge is 2.32. The van der Waals surface area contributed by atoms with Gasteiger partial charge in [0.25, 0.3) is 0 Å². The number of rotatable bonds is 6. The van der Waals surface area contributed by atoms with Crippen LogP contribution in [0.5, 0.6) is 5.75 Å². The highest BCUT2D eigenvalue weighted by molar-refractivity contribution is 7.89. The van der Waals surface area contributed by atoms with Gasteiger partial charge in [0, 0.05) is 26.2 Å². The molecule has 0 saturated carbocycles. The molecule has 0 spiro atoms. The first-order chi connectivity index (χ1) is 15.0. The van der Waals surface area contributed by atoms with Gasteiger partial charge in [0.05, 0.1) is 18.0 Å². The number of aryl methyl sites for hydroxylation is 1. The van der Waals surface area contributed by atoms with Crippen LogP contribution < -0.4 is 4.74 Å². The maximum Gasteiger partial charge on any atom is 0.243 e. The lowest BCUT2D eigenvalue weighted by atomic mass is 9.96. The van der Waals surface area contributed by atoms with Crippen LogP contribution in [0.25, 0.3) is 0 Å². The van der Waals surface area contributed by atoms with E-state index in [2.05, 4.69) is 53.4 Å². The fourth-order valence-corrected chi connectivity index (χ4v) is 5.76. The average Bonchev–Trinajstić information content (AvgIpc) is 2.81. The summed E-state index contributed by atoms with van der Waals surface area (Å²) >= 11 is 0. The Morgan fingerprint density at radius 1 is 0.806 bits per heavy atom. The first kappa shape index (κ1) is 21.6. The summed E-state index contributed by atoms with van der Waals surface area (Å²) in [6.07, 6.45) is 0. The third kappa shape index (κ3) is 4.51. The van der Waals surface area contributed by atoms with Gasteiger partial charge in [-0.2, -0.15) is 4.31 Å². The number of ether oxygens (including phenoxy) is 1. The van der Waals surface area contributed by atoms with E-state index in [9.17, 15) is 8.42 Å². The van der Waals surface area contributed by atoms with Crippen LogP contribution in [0, 0.1) is 6.92 Å².